The summed E-state index contributed by atoms with van der Waals surface area (Å²) in [6.45, 7) is 16.3. The molecule has 1 unspecified atom stereocenters. The number of piperidine rings is 1. The van der Waals surface area contributed by atoms with Crippen LogP contribution in [-0.4, -0.2) is 157 Å². The molecule has 0 bridgehead atoms. The molecule has 0 saturated carbocycles. The molecule has 1 atom stereocenters. The van der Waals surface area contributed by atoms with Crippen molar-refractivity contribution in [3.63, 3.8) is 0 Å². The van der Waals surface area contributed by atoms with Gasteiger partial charge in [0.2, 0.25) is 0 Å². The highest BCUT2D eigenvalue weighted by Gasteiger charge is 2.17. The summed E-state index contributed by atoms with van der Waals surface area (Å²) in [5.41, 5.74) is 0. The number of hydrogen-bond acceptors (Lipinski definition) is 13. The lowest BCUT2D eigenvalue weighted by Gasteiger charge is -2.22. The molecule has 274 valence electrons. The summed E-state index contributed by atoms with van der Waals surface area (Å²) >= 11 is 0. The van der Waals surface area contributed by atoms with Crippen LogP contribution in [0.3, 0.4) is 0 Å². The molecule has 1 saturated heterocycles. The standard InChI is InChI=1S/C33H65NO12/c1-3-5-6-31(4-2)33(35)46-30-28-44-26-24-42-22-20-40-18-16-38-14-12-36-11-13-37-15-17-39-19-21-41-23-25-43-27-29-45-32-7-9-34-10-8-32/h31-32,34H,3-30H2,1-2H3. The van der Waals surface area contributed by atoms with Gasteiger partial charge in [-0.25, -0.2) is 0 Å². The van der Waals surface area contributed by atoms with Gasteiger partial charge < -0.3 is 57.4 Å². The summed E-state index contributed by atoms with van der Waals surface area (Å²) < 4.78 is 60.5. The summed E-state index contributed by atoms with van der Waals surface area (Å²) in [6, 6.07) is 0. The SMILES string of the molecule is CCCCC(CC)C(=O)OCCOCCOCCOCCOCCOCCOCCOCCOCCOCCOC1CCNCC1. The van der Waals surface area contributed by atoms with Crippen LogP contribution < -0.4 is 5.32 Å². The average Bonchev–Trinajstić information content (AvgIpc) is 3.08. The predicted molar refractivity (Wildman–Crippen MR) is 173 cm³/mol. The normalized spacial score (nSPS) is 14.6. The van der Waals surface area contributed by atoms with E-state index in [4.69, 9.17) is 52.1 Å². The molecule has 46 heavy (non-hydrogen) atoms. The fourth-order valence-electron chi connectivity index (χ4n) is 4.36. The maximum atomic E-state index is 12.0. The second-order valence-corrected chi connectivity index (χ2v) is 10.7. The van der Waals surface area contributed by atoms with E-state index in [1.54, 1.807) is 0 Å². The van der Waals surface area contributed by atoms with Gasteiger partial charge in [0, 0.05) is 0 Å². The first-order valence-corrected chi connectivity index (χ1v) is 17.5. The Bertz CT molecular complexity index is 627. The summed E-state index contributed by atoms with van der Waals surface area (Å²) in [6.07, 6.45) is 6.37. The van der Waals surface area contributed by atoms with Gasteiger partial charge in [-0.1, -0.05) is 26.7 Å². The Hall–Kier alpha value is -0.970. The molecule has 0 aromatic rings. The molecule has 1 fully saturated rings. The van der Waals surface area contributed by atoms with E-state index >= 15 is 0 Å². The van der Waals surface area contributed by atoms with Crippen LogP contribution in [0.25, 0.3) is 0 Å². The van der Waals surface area contributed by atoms with E-state index in [-0.39, 0.29) is 18.5 Å². The summed E-state index contributed by atoms with van der Waals surface area (Å²) in [7, 11) is 0. The van der Waals surface area contributed by atoms with E-state index in [1.165, 1.54) is 0 Å². The first kappa shape index (κ1) is 43.1. The number of unbranched alkanes of at least 4 members (excludes halogenated alkanes) is 1. The lowest BCUT2D eigenvalue weighted by atomic mass is 10.00. The fraction of sp³-hybridized carbons (Fsp3) is 0.970. The van der Waals surface area contributed by atoms with Crippen LogP contribution in [0.15, 0.2) is 0 Å². The molecular formula is C33H65NO12. The van der Waals surface area contributed by atoms with Crippen LogP contribution in [-0.2, 0) is 56.9 Å². The summed E-state index contributed by atoms with van der Waals surface area (Å²) in [5.74, 6) is -0.119. The Kier molecular flexibility index (Phi) is 33.1. The molecular weight excluding hydrogens is 602 g/mol. The lowest BCUT2D eigenvalue weighted by molar-refractivity contribution is -0.150. The molecule has 1 rings (SSSR count). The van der Waals surface area contributed by atoms with Crippen LogP contribution in [0, 0.1) is 5.92 Å². The molecule has 1 aliphatic rings. The van der Waals surface area contributed by atoms with Crippen molar-refractivity contribution in [3.8, 4) is 0 Å². The molecule has 1 heterocycles. The van der Waals surface area contributed by atoms with E-state index in [2.05, 4.69) is 12.2 Å². The van der Waals surface area contributed by atoms with E-state index in [0.717, 1.165) is 51.6 Å². The Morgan fingerprint density at radius 3 is 1.24 bits per heavy atom. The van der Waals surface area contributed by atoms with E-state index < -0.39 is 0 Å². The first-order valence-electron chi connectivity index (χ1n) is 17.5. The zero-order valence-electron chi connectivity index (χ0n) is 28.9. The molecule has 0 amide bonds. The van der Waals surface area contributed by atoms with Crippen molar-refractivity contribution in [2.24, 2.45) is 5.92 Å². The Labute approximate surface area is 277 Å². The van der Waals surface area contributed by atoms with Crippen LogP contribution in [0.5, 0.6) is 0 Å². The zero-order valence-corrected chi connectivity index (χ0v) is 28.9. The smallest absolute Gasteiger partial charge is 0.308 e. The van der Waals surface area contributed by atoms with Gasteiger partial charge in [-0.2, -0.15) is 0 Å². The minimum atomic E-state index is -0.118. The van der Waals surface area contributed by atoms with Crippen LogP contribution in [0.4, 0.5) is 0 Å². The van der Waals surface area contributed by atoms with Gasteiger partial charge >= 0.3 is 5.97 Å². The molecule has 13 nitrogen and oxygen atoms in total. The second kappa shape index (κ2) is 35.3. The maximum absolute atomic E-state index is 12.0. The van der Waals surface area contributed by atoms with Crippen LogP contribution >= 0.6 is 0 Å². The summed E-state index contributed by atoms with van der Waals surface area (Å²) in [4.78, 5) is 12.0. The van der Waals surface area contributed by atoms with Gasteiger partial charge in [0.25, 0.3) is 0 Å². The van der Waals surface area contributed by atoms with Crippen molar-refractivity contribution < 1.29 is 56.9 Å². The van der Waals surface area contributed by atoms with Crippen molar-refractivity contribution >= 4 is 5.97 Å². The Morgan fingerprint density at radius 2 is 0.891 bits per heavy atom. The minimum Gasteiger partial charge on any atom is -0.463 e. The van der Waals surface area contributed by atoms with Gasteiger partial charge in [0.1, 0.15) is 6.61 Å². The number of ether oxygens (including phenoxy) is 11. The average molecular weight is 668 g/mol. The number of esters is 1. The first-order chi connectivity index (χ1) is 22.8. The molecule has 0 radical (unpaired) electrons. The Balaban J connectivity index is 1.65. The Morgan fingerprint density at radius 1 is 0.543 bits per heavy atom. The largest absolute Gasteiger partial charge is 0.463 e. The zero-order chi connectivity index (χ0) is 33.0. The number of carbonyl (C=O) groups is 1. The van der Waals surface area contributed by atoms with Gasteiger partial charge in [0.05, 0.1) is 138 Å². The van der Waals surface area contributed by atoms with Gasteiger partial charge in [0.15, 0.2) is 0 Å². The molecule has 1 N–H and O–H groups in total. The highest BCUT2D eigenvalue weighted by molar-refractivity contribution is 5.72. The lowest BCUT2D eigenvalue weighted by Crippen LogP contribution is -2.33. The molecule has 0 spiro atoms. The molecule has 0 aromatic carbocycles. The monoisotopic (exact) mass is 667 g/mol. The fourth-order valence-corrected chi connectivity index (χ4v) is 4.36. The number of hydrogen-bond donors (Lipinski definition) is 1. The van der Waals surface area contributed by atoms with Gasteiger partial charge in [-0.05, 0) is 38.8 Å². The van der Waals surface area contributed by atoms with Crippen molar-refractivity contribution in [1.29, 1.82) is 0 Å². The van der Waals surface area contributed by atoms with Crippen molar-refractivity contribution in [2.45, 2.75) is 58.5 Å². The molecule has 1 aliphatic heterocycles. The topological polar surface area (TPSA) is 131 Å². The highest BCUT2D eigenvalue weighted by Crippen LogP contribution is 2.14. The third-order valence-electron chi connectivity index (χ3n) is 7.05. The van der Waals surface area contributed by atoms with E-state index in [0.29, 0.717) is 132 Å². The van der Waals surface area contributed by atoms with Crippen LogP contribution in [0.2, 0.25) is 0 Å². The predicted octanol–water partition coefficient (Wildman–Crippen LogP) is 2.66. The van der Waals surface area contributed by atoms with Crippen LogP contribution in [0.1, 0.15) is 52.4 Å². The molecule has 13 heteroatoms. The van der Waals surface area contributed by atoms with Crippen molar-refractivity contribution in [1.82, 2.24) is 5.32 Å². The maximum Gasteiger partial charge on any atom is 0.308 e. The third kappa shape index (κ3) is 29.2. The highest BCUT2D eigenvalue weighted by atomic mass is 16.6. The van der Waals surface area contributed by atoms with E-state index in [1.807, 2.05) is 6.92 Å². The van der Waals surface area contributed by atoms with Gasteiger partial charge in [-0.15, -0.1) is 0 Å². The minimum absolute atomic E-state index is 0.00110. The number of carbonyl (C=O) groups excluding carboxylic acids is 1. The number of rotatable bonds is 36. The van der Waals surface area contributed by atoms with E-state index in [9.17, 15) is 4.79 Å². The number of nitrogens with one attached hydrogen (secondary N) is 1. The van der Waals surface area contributed by atoms with Crippen molar-refractivity contribution in [3.05, 3.63) is 0 Å². The van der Waals surface area contributed by atoms with Crippen molar-refractivity contribution in [2.75, 3.05) is 145 Å². The summed E-state index contributed by atoms with van der Waals surface area (Å²) in [5, 5.41) is 3.33. The van der Waals surface area contributed by atoms with Gasteiger partial charge in [-0.3, -0.25) is 4.79 Å². The molecule has 0 aliphatic carbocycles. The second-order valence-electron chi connectivity index (χ2n) is 10.7. The third-order valence-corrected chi connectivity index (χ3v) is 7.05. The quantitative estimate of drug-likeness (QED) is 0.0777. The molecule has 0 aromatic heterocycles.